The molecule has 5 N–H and O–H groups in total. The Balaban J connectivity index is 1.43. The number of carbonyl (C=O) groups is 1. The molecule has 2 aromatic carbocycles. The van der Waals surface area contributed by atoms with Crippen LogP contribution in [-0.2, 0) is 32.2 Å². The van der Waals surface area contributed by atoms with Crippen LogP contribution in [0.15, 0.2) is 66.9 Å². The Kier molecular flexibility index (Phi) is 8.65. The van der Waals surface area contributed by atoms with Crippen LogP contribution in [0.5, 0.6) is 5.75 Å². The second-order valence-corrected chi connectivity index (χ2v) is 9.27. The Labute approximate surface area is 229 Å². The minimum Gasteiger partial charge on any atom is -0.479 e. The third-order valence-electron chi connectivity index (χ3n) is 6.37. The van der Waals surface area contributed by atoms with Gasteiger partial charge in [-0.2, -0.15) is 0 Å². The number of aliphatic carboxylic acids is 1. The number of carboxylic acid groups (broad SMARTS) is 1. The average Bonchev–Trinajstić information content (AvgIpc) is 2.95. The molecule has 6 bridgehead atoms. The summed E-state index contributed by atoms with van der Waals surface area (Å²) in [4.78, 5) is 20.4. The summed E-state index contributed by atoms with van der Waals surface area (Å²) >= 11 is 0. The van der Waals surface area contributed by atoms with Crippen LogP contribution in [0.25, 0.3) is 11.3 Å². The van der Waals surface area contributed by atoms with Crippen molar-refractivity contribution in [2.24, 2.45) is 0 Å². The van der Waals surface area contributed by atoms with Gasteiger partial charge >= 0.3 is 5.97 Å². The van der Waals surface area contributed by atoms with Gasteiger partial charge in [0.15, 0.2) is 6.10 Å². The summed E-state index contributed by atoms with van der Waals surface area (Å²) in [6.45, 7) is 1.19. The van der Waals surface area contributed by atoms with Crippen LogP contribution >= 0.6 is 0 Å². The minimum absolute atomic E-state index is 0.0812. The molecule has 1 fully saturated rings. The van der Waals surface area contributed by atoms with Gasteiger partial charge in [0.25, 0.3) is 0 Å². The van der Waals surface area contributed by atoms with E-state index in [0.717, 1.165) is 16.8 Å². The van der Waals surface area contributed by atoms with Gasteiger partial charge in [-0.25, -0.2) is 14.8 Å². The molecule has 0 amide bonds. The number of ether oxygens (including phenoxy) is 4. The van der Waals surface area contributed by atoms with E-state index in [9.17, 15) is 25.2 Å². The molecule has 12 heteroatoms. The molecule has 0 aliphatic carbocycles. The molecule has 1 saturated heterocycles. The van der Waals surface area contributed by atoms with Crippen LogP contribution in [0.4, 0.5) is 11.6 Å². The number of hydrogen-bond acceptors (Lipinski definition) is 11. The van der Waals surface area contributed by atoms with Crippen LogP contribution in [0.2, 0.25) is 0 Å². The lowest BCUT2D eigenvalue weighted by atomic mass is 9.99. The number of aromatic nitrogens is 2. The molecule has 0 saturated carbocycles. The number of anilines is 2. The van der Waals surface area contributed by atoms with Crippen molar-refractivity contribution in [3.8, 4) is 17.0 Å². The average molecular weight is 552 g/mol. The zero-order chi connectivity index (χ0) is 28.1. The first-order valence-electron chi connectivity index (χ1n) is 12.6. The Hall–Kier alpha value is -3.91. The largest absolute Gasteiger partial charge is 0.479 e. The number of nitrogens with one attached hydrogen (secondary N) is 1. The number of rotatable bonds is 3. The van der Waals surface area contributed by atoms with Gasteiger partial charge in [-0.15, -0.1) is 0 Å². The third kappa shape index (κ3) is 6.45. The summed E-state index contributed by atoms with van der Waals surface area (Å²) in [5.74, 6) is -0.925. The van der Waals surface area contributed by atoms with Crippen molar-refractivity contribution in [1.29, 1.82) is 0 Å². The van der Waals surface area contributed by atoms with Gasteiger partial charge in [-0.1, -0.05) is 30.4 Å². The molecular weight excluding hydrogens is 522 g/mol. The van der Waals surface area contributed by atoms with Gasteiger partial charge < -0.3 is 44.7 Å². The van der Waals surface area contributed by atoms with E-state index < -0.39 is 36.7 Å². The first-order valence-corrected chi connectivity index (χ1v) is 12.6. The highest BCUT2D eigenvalue weighted by Gasteiger charge is 2.48. The molecule has 0 radical (unpaired) electrons. The van der Waals surface area contributed by atoms with E-state index in [1.165, 1.54) is 0 Å². The Bertz CT molecular complexity index is 1370. The molecular formula is C28H29N3O9. The third-order valence-corrected chi connectivity index (χ3v) is 6.37. The first kappa shape index (κ1) is 27.6. The fourth-order valence-electron chi connectivity index (χ4n) is 4.31. The first-order chi connectivity index (χ1) is 19.4. The molecule has 5 atom stereocenters. The molecule has 0 spiro atoms. The highest BCUT2D eigenvalue weighted by molar-refractivity contribution is 5.73. The lowest BCUT2D eigenvalue weighted by Crippen LogP contribution is -2.61. The van der Waals surface area contributed by atoms with Crippen LogP contribution in [0.1, 0.15) is 11.1 Å². The number of aliphatic hydroxyl groups is 3. The molecule has 2 aliphatic heterocycles. The van der Waals surface area contributed by atoms with E-state index in [1.807, 2.05) is 42.5 Å². The predicted octanol–water partition coefficient (Wildman–Crippen LogP) is 1.76. The Morgan fingerprint density at radius 2 is 1.75 bits per heavy atom. The number of fused-ring (bicyclic) bond motifs is 7. The minimum atomic E-state index is -1.82. The van der Waals surface area contributed by atoms with E-state index in [-0.39, 0.29) is 19.0 Å². The molecule has 0 unspecified atom stereocenters. The van der Waals surface area contributed by atoms with Crippen molar-refractivity contribution in [2.45, 2.75) is 43.9 Å². The lowest BCUT2D eigenvalue weighted by Gasteiger charge is -2.38. The standard InChI is InChI=1S/C28H29N3O9/c32-22-23(33)25(26(35)36)40-27(24(22)34)39-21-7-6-19-13-18(21)15-38-11-2-1-10-37-14-16-4-3-5-17(12-16)20-8-9-29-28(30-19)31-20/h1-9,12-13,22-25,27,32-34H,10-11,14-15H2,(H,35,36)(H,29,30,31)/b2-1+/t22-,23-,24+,25-,27+/m0/s1. The van der Waals surface area contributed by atoms with Crippen LogP contribution < -0.4 is 10.1 Å². The quantitative estimate of drug-likeness (QED) is 0.299. The molecule has 5 rings (SSSR count). The molecule has 40 heavy (non-hydrogen) atoms. The molecule has 3 aromatic rings. The number of nitrogens with zero attached hydrogens (tertiary/aromatic N) is 2. The van der Waals surface area contributed by atoms with E-state index in [2.05, 4.69) is 15.3 Å². The number of benzene rings is 2. The maximum absolute atomic E-state index is 11.5. The van der Waals surface area contributed by atoms with Gasteiger partial charge in [0.05, 0.1) is 32.1 Å². The fourth-order valence-corrected chi connectivity index (χ4v) is 4.31. The van der Waals surface area contributed by atoms with E-state index >= 15 is 0 Å². The van der Waals surface area contributed by atoms with Crippen LogP contribution in [-0.4, -0.2) is 80.3 Å². The van der Waals surface area contributed by atoms with Gasteiger partial charge in [-0.3, -0.25) is 0 Å². The SMILES string of the molecule is O=C(O)[C@H]1O[C@@H](Oc2ccc3cc2COC/C=C/COCc2cccc(c2)-c2ccnc(n2)N3)[C@H](O)[C@@H](O)[C@@H]1O. The lowest BCUT2D eigenvalue weighted by molar-refractivity contribution is -0.271. The van der Waals surface area contributed by atoms with Crippen molar-refractivity contribution in [2.75, 3.05) is 18.5 Å². The number of hydrogen-bond donors (Lipinski definition) is 5. The van der Waals surface area contributed by atoms with Crippen molar-refractivity contribution in [3.05, 3.63) is 78.0 Å². The van der Waals surface area contributed by atoms with Gasteiger partial charge in [0.1, 0.15) is 24.1 Å². The van der Waals surface area contributed by atoms with Crippen molar-refractivity contribution >= 4 is 17.6 Å². The van der Waals surface area contributed by atoms with Crippen molar-refractivity contribution in [1.82, 2.24) is 9.97 Å². The van der Waals surface area contributed by atoms with Crippen molar-refractivity contribution < 1.29 is 44.2 Å². The van der Waals surface area contributed by atoms with E-state index in [1.54, 1.807) is 24.4 Å². The predicted molar refractivity (Wildman–Crippen MR) is 141 cm³/mol. The smallest absolute Gasteiger partial charge is 0.335 e. The number of carboxylic acids is 1. The normalized spacial score (nSPS) is 26.0. The molecule has 1 aromatic heterocycles. The topological polar surface area (TPSA) is 173 Å². The summed E-state index contributed by atoms with van der Waals surface area (Å²) in [6, 6.07) is 14.7. The molecule has 2 aliphatic rings. The summed E-state index contributed by atoms with van der Waals surface area (Å²) < 4.78 is 22.6. The van der Waals surface area contributed by atoms with Crippen LogP contribution in [0.3, 0.4) is 0 Å². The Morgan fingerprint density at radius 1 is 0.950 bits per heavy atom. The monoisotopic (exact) mass is 551 g/mol. The van der Waals surface area contributed by atoms with Crippen molar-refractivity contribution in [3.63, 3.8) is 0 Å². The Morgan fingerprint density at radius 3 is 2.55 bits per heavy atom. The molecule has 12 nitrogen and oxygen atoms in total. The highest BCUT2D eigenvalue weighted by atomic mass is 16.7. The fraction of sp³-hybridized carbons (Fsp3) is 0.321. The van der Waals surface area contributed by atoms with Crippen LogP contribution in [0, 0.1) is 0 Å². The second kappa shape index (κ2) is 12.5. The summed E-state index contributed by atoms with van der Waals surface area (Å²) in [6.07, 6.45) is -3.33. The maximum Gasteiger partial charge on any atom is 0.335 e. The highest BCUT2D eigenvalue weighted by Crippen LogP contribution is 2.30. The molecule has 210 valence electrons. The maximum atomic E-state index is 11.5. The van der Waals surface area contributed by atoms with Gasteiger partial charge in [0.2, 0.25) is 12.2 Å². The molecule has 3 heterocycles. The van der Waals surface area contributed by atoms with E-state index in [0.29, 0.717) is 30.4 Å². The summed E-state index contributed by atoms with van der Waals surface area (Å²) in [5, 5.41) is 43.0. The van der Waals surface area contributed by atoms with E-state index in [4.69, 9.17) is 18.9 Å². The zero-order valence-corrected chi connectivity index (χ0v) is 21.3. The summed E-state index contributed by atoms with van der Waals surface area (Å²) in [5.41, 5.74) is 3.80. The summed E-state index contributed by atoms with van der Waals surface area (Å²) in [7, 11) is 0. The number of aliphatic hydroxyl groups excluding tert-OH is 3. The zero-order valence-electron chi connectivity index (χ0n) is 21.3. The van der Waals surface area contributed by atoms with Gasteiger partial charge in [0, 0.05) is 23.0 Å². The second-order valence-electron chi connectivity index (χ2n) is 9.27. The van der Waals surface area contributed by atoms with Gasteiger partial charge in [-0.05, 0) is 35.9 Å².